The fraction of sp³-hybridized carbons (Fsp3) is 0.227. The van der Waals surface area contributed by atoms with Crippen LogP contribution in [0, 0.1) is 0 Å². The highest BCUT2D eigenvalue weighted by Crippen LogP contribution is 2.26. The third kappa shape index (κ3) is 4.73. The Labute approximate surface area is 190 Å². The van der Waals surface area contributed by atoms with E-state index in [0.29, 0.717) is 41.5 Å². The lowest BCUT2D eigenvalue weighted by Crippen LogP contribution is -2.26. The standard InChI is InChI=1S/C22H20N6O4S/c29-33(30,16-4-2-1-3-5-16)28-20-13-23-12-19(26-20)17-6-7-18-21(27-17)22(25-14-24-18)32-15-8-10-31-11-9-15/h1-7,12-15H,8-11H2,(H,26,28). The molecule has 0 aliphatic carbocycles. The molecule has 33 heavy (non-hydrogen) atoms. The topological polar surface area (TPSA) is 129 Å². The molecule has 1 aromatic carbocycles. The van der Waals surface area contributed by atoms with Crippen LogP contribution in [0.4, 0.5) is 5.82 Å². The molecule has 0 atom stereocenters. The molecule has 0 radical (unpaired) electrons. The zero-order valence-electron chi connectivity index (χ0n) is 17.5. The molecule has 1 N–H and O–H groups in total. The van der Waals surface area contributed by atoms with Crippen molar-refractivity contribution >= 4 is 26.9 Å². The number of ether oxygens (including phenoxy) is 2. The molecule has 0 bridgehead atoms. The maximum absolute atomic E-state index is 12.6. The van der Waals surface area contributed by atoms with E-state index in [1.807, 2.05) is 0 Å². The van der Waals surface area contributed by atoms with Crippen molar-refractivity contribution in [1.82, 2.24) is 24.9 Å². The fourth-order valence-corrected chi connectivity index (χ4v) is 4.44. The number of pyridine rings is 1. The number of sulfonamides is 1. The Kier molecular flexibility index (Phi) is 5.80. The number of anilines is 1. The maximum atomic E-state index is 12.6. The number of nitrogens with one attached hydrogen (secondary N) is 1. The molecule has 3 aromatic heterocycles. The molecule has 5 rings (SSSR count). The van der Waals surface area contributed by atoms with E-state index >= 15 is 0 Å². The Balaban J connectivity index is 1.45. The van der Waals surface area contributed by atoms with E-state index < -0.39 is 10.0 Å². The minimum atomic E-state index is -3.79. The number of benzene rings is 1. The van der Waals surface area contributed by atoms with Crippen molar-refractivity contribution in [3.63, 3.8) is 0 Å². The number of fused-ring (bicyclic) bond motifs is 1. The van der Waals surface area contributed by atoms with E-state index in [-0.39, 0.29) is 16.8 Å². The van der Waals surface area contributed by atoms with E-state index in [9.17, 15) is 8.42 Å². The third-order valence-electron chi connectivity index (χ3n) is 5.08. The molecule has 1 aliphatic heterocycles. The van der Waals surface area contributed by atoms with Crippen LogP contribution in [-0.2, 0) is 14.8 Å². The highest BCUT2D eigenvalue weighted by atomic mass is 32.2. The minimum Gasteiger partial charge on any atom is -0.473 e. The number of nitrogens with zero attached hydrogens (tertiary/aromatic N) is 5. The van der Waals surface area contributed by atoms with Gasteiger partial charge in [0.1, 0.15) is 18.1 Å². The van der Waals surface area contributed by atoms with Crippen LogP contribution in [0.25, 0.3) is 22.4 Å². The predicted octanol–water partition coefficient (Wildman–Crippen LogP) is 2.84. The highest BCUT2D eigenvalue weighted by Gasteiger charge is 2.19. The summed E-state index contributed by atoms with van der Waals surface area (Å²) in [6, 6.07) is 11.6. The van der Waals surface area contributed by atoms with E-state index in [4.69, 9.17) is 9.47 Å². The van der Waals surface area contributed by atoms with Crippen LogP contribution < -0.4 is 9.46 Å². The van der Waals surface area contributed by atoms with Gasteiger partial charge in [0.2, 0.25) is 5.88 Å². The Hall–Kier alpha value is -3.70. The van der Waals surface area contributed by atoms with Gasteiger partial charge in [-0.25, -0.2) is 23.4 Å². The molecule has 4 aromatic rings. The molecular formula is C22H20N6O4S. The monoisotopic (exact) mass is 464 g/mol. The van der Waals surface area contributed by atoms with Gasteiger partial charge in [-0.1, -0.05) is 18.2 Å². The van der Waals surface area contributed by atoms with Gasteiger partial charge in [0.15, 0.2) is 11.3 Å². The highest BCUT2D eigenvalue weighted by molar-refractivity contribution is 7.92. The number of hydrogen-bond donors (Lipinski definition) is 1. The van der Waals surface area contributed by atoms with Crippen molar-refractivity contribution in [3.05, 3.63) is 61.2 Å². The lowest BCUT2D eigenvalue weighted by atomic mass is 10.1. The number of hydrogen-bond acceptors (Lipinski definition) is 9. The Bertz CT molecular complexity index is 1380. The zero-order valence-corrected chi connectivity index (χ0v) is 18.3. The average molecular weight is 465 g/mol. The summed E-state index contributed by atoms with van der Waals surface area (Å²) in [6.45, 7) is 1.29. The smallest absolute Gasteiger partial charge is 0.263 e. The van der Waals surface area contributed by atoms with Gasteiger partial charge in [0.25, 0.3) is 10.0 Å². The summed E-state index contributed by atoms with van der Waals surface area (Å²) in [5.41, 5.74) is 2.01. The second-order valence-electron chi connectivity index (χ2n) is 7.38. The predicted molar refractivity (Wildman–Crippen MR) is 120 cm³/mol. The number of aromatic nitrogens is 5. The first kappa shape index (κ1) is 21.2. The summed E-state index contributed by atoms with van der Waals surface area (Å²) < 4.78 is 39.2. The van der Waals surface area contributed by atoms with Gasteiger partial charge in [-0.05, 0) is 24.3 Å². The Morgan fingerprint density at radius 1 is 0.939 bits per heavy atom. The molecule has 0 unspecified atom stereocenters. The molecule has 0 amide bonds. The summed E-state index contributed by atoms with van der Waals surface area (Å²) in [5.74, 6) is 0.476. The fourth-order valence-electron chi connectivity index (χ4n) is 3.43. The van der Waals surface area contributed by atoms with Crippen molar-refractivity contribution in [3.8, 4) is 17.3 Å². The quantitative estimate of drug-likeness (QED) is 0.458. The normalized spacial score (nSPS) is 14.8. The van der Waals surface area contributed by atoms with Crippen LogP contribution in [0.3, 0.4) is 0 Å². The summed E-state index contributed by atoms with van der Waals surface area (Å²) in [6.07, 6.45) is 5.85. The molecule has 1 fully saturated rings. The maximum Gasteiger partial charge on any atom is 0.263 e. The van der Waals surface area contributed by atoms with Gasteiger partial charge in [0.05, 0.1) is 41.7 Å². The van der Waals surface area contributed by atoms with Crippen molar-refractivity contribution in [2.45, 2.75) is 23.8 Å². The van der Waals surface area contributed by atoms with Crippen LogP contribution in [-0.4, -0.2) is 52.7 Å². The zero-order chi connectivity index (χ0) is 22.7. The van der Waals surface area contributed by atoms with Crippen molar-refractivity contribution in [2.75, 3.05) is 17.9 Å². The van der Waals surface area contributed by atoms with E-state index in [2.05, 4.69) is 29.6 Å². The van der Waals surface area contributed by atoms with Gasteiger partial charge in [-0.2, -0.15) is 4.98 Å². The summed E-state index contributed by atoms with van der Waals surface area (Å²) in [4.78, 5) is 21.8. The Morgan fingerprint density at radius 2 is 1.76 bits per heavy atom. The molecule has 168 valence electrons. The van der Waals surface area contributed by atoms with Crippen LogP contribution >= 0.6 is 0 Å². The van der Waals surface area contributed by atoms with Crippen molar-refractivity contribution in [2.24, 2.45) is 0 Å². The molecule has 0 spiro atoms. The third-order valence-corrected chi connectivity index (χ3v) is 6.46. The first-order valence-corrected chi connectivity index (χ1v) is 11.8. The molecule has 4 heterocycles. The lowest BCUT2D eigenvalue weighted by molar-refractivity contribution is 0.0243. The first-order valence-electron chi connectivity index (χ1n) is 10.3. The van der Waals surface area contributed by atoms with Crippen LogP contribution in [0.5, 0.6) is 5.88 Å². The summed E-state index contributed by atoms with van der Waals surface area (Å²) in [7, 11) is -3.79. The van der Waals surface area contributed by atoms with Gasteiger partial charge in [-0.15, -0.1) is 0 Å². The summed E-state index contributed by atoms with van der Waals surface area (Å²) in [5, 5.41) is 0. The van der Waals surface area contributed by atoms with Crippen LogP contribution in [0.2, 0.25) is 0 Å². The minimum absolute atomic E-state index is 0.00202. The molecule has 11 heteroatoms. The van der Waals surface area contributed by atoms with Crippen molar-refractivity contribution in [1.29, 1.82) is 0 Å². The SMILES string of the molecule is O=S(=O)(Nc1cncc(-c2ccc3ncnc(OC4CCOCC4)c3n2)n1)c1ccccc1. The first-order chi connectivity index (χ1) is 16.1. The van der Waals surface area contributed by atoms with Gasteiger partial charge in [-0.3, -0.25) is 9.71 Å². The molecule has 10 nitrogen and oxygen atoms in total. The van der Waals surface area contributed by atoms with E-state index in [0.717, 1.165) is 12.8 Å². The Morgan fingerprint density at radius 3 is 2.58 bits per heavy atom. The van der Waals surface area contributed by atoms with E-state index in [1.54, 1.807) is 30.3 Å². The van der Waals surface area contributed by atoms with Gasteiger partial charge >= 0.3 is 0 Å². The van der Waals surface area contributed by atoms with Gasteiger partial charge in [0, 0.05) is 12.8 Å². The largest absolute Gasteiger partial charge is 0.473 e. The molecule has 1 aliphatic rings. The van der Waals surface area contributed by atoms with E-state index in [1.165, 1.54) is 30.9 Å². The van der Waals surface area contributed by atoms with Crippen LogP contribution in [0.1, 0.15) is 12.8 Å². The van der Waals surface area contributed by atoms with Gasteiger partial charge < -0.3 is 9.47 Å². The molecule has 1 saturated heterocycles. The summed E-state index contributed by atoms with van der Waals surface area (Å²) >= 11 is 0. The lowest BCUT2D eigenvalue weighted by Gasteiger charge is -2.22. The average Bonchev–Trinajstić information content (AvgIpc) is 2.85. The second kappa shape index (κ2) is 9.04. The molecular weight excluding hydrogens is 444 g/mol. The second-order valence-corrected chi connectivity index (χ2v) is 9.06. The van der Waals surface area contributed by atoms with Crippen LogP contribution in [0.15, 0.2) is 66.1 Å². The van der Waals surface area contributed by atoms with Crippen molar-refractivity contribution < 1.29 is 17.9 Å². The molecule has 0 saturated carbocycles. The number of rotatable bonds is 6.